The Morgan fingerprint density at radius 1 is 1.31 bits per heavy atom. The van der Waals surface area contributed by atoms with Gasteiger partial charge in [-0.1, -0.05) is 13.8 Å². The lowest BCUT2D eigenvalue weighted by Crippen LogP contribution is -2.32. The minimum atomic E-state index is -1.43. The minimum absolute atomic E-state index is 0.220. The molecule has 0 saturated carbocycles. The molecule has 16 heavy (non-hydrogen) atoms. The van der Waals surface area contributed by atoms with Crippen LogP contribution in [0.15, 0.2) is 11.5 Å². The Bertz CT molecular complexity index is 301. The molecule has 0 radical (unpaired) electrons. The van der Waals surface area contributed by atoms with Crippen molar-refractivity contribution < 1.29 is 15.0 Å². The lowest BCUT2D eigenvalue weighted by Gasteiger charge is -2.25. The standard InChI is InChI=1S/C12H21NO3/c1-4-6-13(7-5-2)9-8-12(3,16)11(15)10(9)14/h14,16H,4-8H2,1-3H3. The molecule has 1 rings (SSSR count). The summed E-state index contributed by atoms with van der Waals surface area (Å²) in [7, 11) is 0. The van der Waals surface area contributed by atoms with E-state index in [-0.39, 0.29) is 12.2 Å². The highest BCUT2D eigenvalue weighted by Gasteiger charge is 2.43. The zero-order chi connectivity index (χ0) is 12.3. The molecule has 0 aliphatic heterocycles. The summed E-state index contributed by atoms with van der Waals surface area (Å²) >= 11 is 0. The van der Waals surface area contributed by atoms with Crippen LogP contribution >= 0.6 is 0 Å². The number of Topliss-reactive ketones (excluding diaryl/α,β-unsaturated/α-hetero) is 1. The van der Waals surface area contributed by atoms with Crippen LogP contribution in [0, 0.1) is 0 Å². The molecular weight excluding hydrogens is 206 g/mol. The highest BCUT2D eigenvalue weighted by atomic mass is 16.3. The third-order valence-corrected chi connectivity index (χ3v) is 2.86. The highest BCUT2D eigenvalue weighted by Crippen LogP contribution is 2.32. The second-order valence-corrected chi connectivity index (χ2v) is 4.56. The lowest BCUT2D eigenvalue weighted by molar-refractivity contribution is -0.132. The molecule has 0 aromatic heterocycles. The summed E-state index contributed by atoms with van der Waals surface area (Å²) in [6, 6.07) is 0. The smallest absolute Gasteiger partial charge is 0.230 e. The van der Waals surface area contributed by atoms with E-state index in [1.165, 1.54) is 6.92 Å². The minimum Gasteiger partial charge on any atom is -0.503 e. The van der Waals surface area contributed by atoms with Gasteiger partial charge in [0.15, 0.2) is 5.76 Å². The molecule has 0 aromatic carbocycles. The van der Waals surface area contributed by atoms with Crippen LogP contribution in [0.1, 0.15) is 40.0 Å². The number of aliphatic hydroxyl groups is 2. The van der Waals surface area contributed by atoms with Gasteiger partial charge in [-0.05, 0) is 19.8 Å². The van der Waals surface area contributed by atoms with E-state index >= 15 is 0 Å². The van der Waals surface area contributed by atoms with Crippen molar-refractivity contribution in [1.29, 1.82) is 0 Å². The molecule has 0 aromatic rings. The van der Waals surface area contributed by atoms with E-state index in [2.05, 4.69) is 13.8 Å². The van der Waals surface area contributed by atoms with Crippen molar-refractivity contribution in [2.75, 3.05) is 13.1 Å². The van der Waals surface area contributed by atoms with E-state index in [4.69, 9.17) is 0 Å². The normalized spacial score (nSPS) is 25.4. The Balaban J connectivity index is 2.89. The molecule has 1 unspecified atom stereocenters. The van der Waals surface area contributed by atoms with E-state index in [1.807, 2.05) is 4.90 Å². The number of nitrogens with zero attached hydrogens (tertiary/aromatic N) is 1. The van der Waals surface area contributed by atoms with E-state index < -0.39 is 11.4 Å². The average Bonchev–Trinajstić information content (AvgIpc) is 2.42. The second kappa shape index (κ2) is 4.87. The number of aliphatic hydroxyl groups excluding tert-OH is 1. The highest BCUT2D eigenvalue weighted by molar-refractivity contribution is 6.02. The first-order valence-corrected chi connectivity index (χ1v) is 5.88. The molecule has 0 spiro atoms. The fourth-order valence-electron chi connectivity index (χ4n) is 2.06. The number of rotatable bonds is 5. The Hall–Kier alpha value is -1.03. The summed E-state index contributed by atoms with van der Waals surface area (Å²) in [6.45, 7) is 7.16. The van der Waals surface area contributed by atoms with Crippen molar-refractivity contribution in [2.24, 2.45) is 0 Å². The van der Waals surface area contributed by atoms with E-state index in [0.29, 0.717) is 5.70 Å². The zero-order valence-electron chi connectivity index (χ0n) is 10.3. The summed E-state index contributed by atoms with van der Waals surface area (Å²) in [4.78, 5) is 13.6. The van der Waals surface area contributed by atoms with Crippen LogP contribution in [-0.4, -0.2) is 39.6 Å². The summed E-state index contributed by atoms with van der Waals surface area (Å²) in [6.07, 6.45) is 2.12. The van der Waals surface area contributed by atoms with Crippen LogP contribution < -0.4 is 0 Å². The molecular formula is C12H21NO3. The molecule has 0 amide bonds. The average molecular weight is 227 g/mol. The SMILES string of the molecule is CCCN(CCC)C1=C(O)C(=O)C(C)(O)C1. The van der Waals surface area contributed by atoms with Crippen molar-refractivity contribution >= 4 is 5.78 Å². The third-order valence-electron chi connectivity index (χ3n) is 2.86. The molecule has 0 bridgehead atoms. The number of hydrogen-bond donors (Lipinski definition) is 2. The molecule has 4 nitrogen and oxygen atoms in total. The van der Waals surface area contributed by atoms with Crippen molar-refractivity contribution in [3.8, 4) is 0 Å². The summed E-state index contributed by atoms with van der Waals surface area (Å²) in [5.74, 6) is -0.813. The monoisotopic (exact) mass is 227 g/mol. The van der Waals surface area contributed by atoms with Crippen molar-refractivity contribution in [1.82, 2.24) is 4.90 Å². The van der Waals surface area contributed by atoms with Crippen LogP contribution in [-0.2, 0) is 4.79 Å². The molecule has 0 saturated heterocycles. The Kier molecular flexibility index (Phi) is 3.97. The van der Waals surface area contributed by atoms with Gasteiger partial charge in [-0.2, -0.15) is 0 Å². The predicted octanol–water partition coefficient (Wildman–Crippen LogP) is 1.60. The molecule has 4 heteroatoms. The van der Waals surface area contributed by atoms with Gasteiger partial charge in [-0.3, -0.25) is 4.79 Å². The quantitative estimate of drug-likeness (QED) is 0.749. The number of carbonyl (C=O) groups excluding carboxylic acids is 1. The van der Waals surface area contributed by atoms with Crippen LogP contribution in [0.25, 0.3) is 0 Å². The number of hydrogen-bond acceptors (Lipinski definition) is 4. The first-order valence-electron chi connectivity index (χ1n) is 5.88. The molecule has 1 aliphatic rings. The van der Waals surface area contributed by atoms with E-state index in [0.717, 1.165) is 25.9 Å². The molecule has 1 atom stereocenters. The Morgan fingerprint density at radius 2 is 1.81 bits per heavy atom. The van der Waals surface area contributed by atoms with Gasteiger partial charge in [0.05, 0.1) is 5.70 Å². The topological polar surface area (TPSA) is 60.8 Å². The van der Waals surface area contributed by atoms with Gasteiger partial charge < -0.3 is 15.1 Å². The lowest BCUT2D eigenvalue weighted by atomic mass is 10.0. The Labute approximate surface area is 96.6 Å². The van der Waals surface area contributed by atoms with Gasteiger partial charge in [0, 0.05) is 19.5 Å². The van der Waals surface area contributed by atoms with Gasteiger partial charge in [-0.15, -0.1) is 0 Å². The van der Waals surface area contributed by atoms with Gasteiger partial charge in [0.1, 0.15) is 5.60 Å². The molecule has 92 valence electrons. The van der Waals surface area contributed by atoms with Crippen molar-refractivity contribution in [3.05, 3.63) is 11.5 Å². The van der Waals surface area contributed by atoms with Gasteiger partial charge in [0.2, 0.25) is 5.78 Å². The van der Waals surface area contributed by atoms with Crippen molar-refractivity contribution in [3.63, 3.8) is 0 Å². The second-order valence-electron chi connectivity index (χ2n) is 4.56. The molecule has 2 N–H and O–H groups in total. The number of carbonyl (C=O) groups is 1. The largest absolute Gasteiger partial charge is 0.503 e. The zero-order valence-corrected chi connectivity index (χ0v) is 10.3. The fourth-order valence-corrected chi connectivity index (χ4v) is 2.06. The van der Waals surface area contributed by atoms with Crippen LogP contribution in [0.5, 0.6) is 0 Å². The maximum Gasteiger partial charge on any atom is 0.230 e. The molecule has 1 aliphatic carbocycles. The fraction of sp³-hybridized carbons (Fsp3) is 0.750. The molecule has 0 heterocycles. The molecule has 0 fully saturated rings. The maximum atomic E-state index is 11.6. The van der Waals surface area contributed by atoms with Crippen LogP contribution in [0.2, 0.25) is 0 Å². The van der Waals surface area contributed by atoms with Gasteiger partial charge in [0.25, 0.3) is 0 Å². The first-order chi connectivity index (χ1) is 7.44. The first kappa shape index (κ1) is 13.0. The summed E-state index contributed by atoms with van der Waals surface area (Å²) < 4.78 is 0. The number of ketones is 1. The van der Waals surface area contributed by atoms with E-state index in [1.54, 1.807) is 0 Å². The third kappa shape index (κ3) is 2.38. The predicted molar refractivity (Wildman–Crippen MR) is 62.1 cm³/mol. The van der Waals surface area contributed by atoms with Crippen LogP contribution in [0.4, 0.5) is 0 Å². The Morgan fingerprint density at radius 3 is 2.12 bits per heavy atom. The van der Waals surface area contributed by atoms with Gasteiger partial charge in [-0.25, -0.2) is 0 Å². The van der Waals surface area contributed by atoms with Crippen molar-refractivity contribution in [2.45, 2.75) is 45.6 Å². The van der Waals surface area contributed by atoms with Crippen LogP contribution in [0.3, 0.4) is 0 Å². The van der Waals surface area contributed by atoms with E-state index in [9.17, 15) is 15.0 Å². The summed E-state index contributed by atoms with van der Waals surface area (Å²) in [5.41, 5.74) is -0.835. The maximum absolute atomic E-state index is 11.6. The van der Waals surface area contributed by atoms with Gasteiger partial charge >= 0.3 is 0 Å². The summed E-state index contributed by atoms with van der Waals surface area (Å²) in [5, 5.41) is 19.6.